The predicted octanol–water partition coefficient (Wildman–Crippen LogP) is 2.36. The van der Waals surface area contributed by atoms with Crippen LogP contribution in [0, 0.1) is 0 Å². The molecule has 0 spiro atoms. The lowest BCUT2D eigenvalue weighted by Gasteiger charge is -2.41. The number of anilines is 1. The quantitative estimate of drug-likeness (QED) is 0.856. The van der Waals surface area contributed by atoms with Gasteiger partial charge in [-0.25, -0.2) is 0 Å². The van der Waals surface area contributed by atoms with Crippen LogP contribution in [0.3, 0.4) is 0 Å². The molecule has 2 amide bonds. The fraction of sp³-hybridized carbons (Fsp3) is 0.579. The van der Waals surface area contributed by atoms with E-state index in [1.54, 1.807) is 0 Å². The summed E-state index contributed by atoms with van der Waals surface area (Å²) >= 11 is 0. The van der Waals surface area contributed by atoms with Crippen LogP contribution < -0.4 is 4.90 Å². The average molecular weight is 327 g/mol. The number of likely N-dealkylation sites (tertiary alicyclic amines) is 1. The minimum absolute atomic E-state index is 0.0822. The summed E-state index contributed by atoms with van der Waals surface area (Å²) in [5.41, 5.74) is 2.08. The summed E-state index contributed by atoms with van der Waals surface area (Å²) < 4.78 is 0. The van der Waals surface area contributed by atoms with Crippen LogP contribution in [0.4, 0.5) is 5.69 Å². The zero-order valence-corrected chi connectivity index (χ0v) is 14.1. The fourth-order valence-electron chi connectivity index (χ4n) is 4.26. The molecule has 2 saturated heterocycles. The van der Waals surface area contributed by atoms with Crippen molar-refractivity contribution in [3.63, 3.8) is 0 Å². The Morgan fingerprint density at radius 1 is 1.12 bits per heavy atom. The van der Waals surface area contributed by atoms with Gasteiger partial charge in [0.15, 0.2) is 0 Å². The van der Waals surface area contributed by atoms with Crippen molar-refractivity contribution in [2.24, 2.45) is 0 Å². The molecule has 2 fully saturated rings. The predicted molar refractivity (Wildman–Crippen MR) is 92.4 cm³/mol. The van der Waals surface area contributed by atoms with Crippen LogP contribution >= 0.6 is 0 Å². The molecule has 5 heteroatoms. The van der Waals surface area contributed by atoms with Crippen LogP contribution in [-0.2, 0) is 16.1 Å². The lowest BCUT2D eigenvalue weighted by Crippen LogP contribution is -2.52. The Hall–Kier alpha value is -1.88. The van der Waals surface area contributed by atoms with Crippen molar-refractivity contribution >= 4 is 17.5 Å². The third kappa shape index (κ3) is 2.81. The monoisotopic (exact) mass is 327 g/mol. The summed E-state index contributed by atoms with van der Waals surface area (Å²) in [6.45, 7) is 3.68. The third-order valence-electron chi connectivity index (χ3n) is 5.55. The molecule has 0 saturated carbocycles. The number of rotatable bonds is 3. The number of benzene rings is 1. The highest BCUT2D eigenvalue weighted by Crippen LogP contribution is 2.36. The Labute approximate surface area is 143 Å². The molecule has 128 valence electrons. The SMILES string of the molecule is O=C1CC[C@@H]2N1Cc1ccccc1N2C(=O)CCN1CCCCC1. The van der Waals surface area contributed by atoms with Gasteiger partial charge in [-0.3, -0.25) is 14.5 Å². The summed E-state index contributed by atoms with van der Waals surface area (Å²) in [7, 11) is 0. The van der Waals surface area contributed by atoms with E-state index < -0.39 is 0 Å². The first-order valence-electron chi connectivity index (χ1n) is 9.16. The maximum absolute atomic E-state index is 13.0. The minimum Gasteiger partial charge on any atom is -0.317 e. The molecule has 0 aliphatic carbocycles. The van der Waals surface area contributed by atoms with Crippen LogP contribution in [0.2, 0.25) is 0 Å². The molecular weight excluding hydrogens is 302 g/mol. The fourth-order valence-corrected chi connectivity index (χ4v) is 4.26. The second kappa shape index (κ2) is 6.55. The molecule has 1 aromatic carbocycles. The number of nitrogens with zero attached hydrogens (tertiary/aromatic N) is 3. The van der Waals surface area contributed by atoms with Crippen LogP contribution in [0.1, 0.15) is 44.1 Å². The topological polar surface area (TPSA) is 43.9 Å². The number of para-hydroxylation sites is 1. The highest BCUT2D eigenvalue weighted by Gasteiger charge is 2.42. The van der Waals surface area contributed by atoms with E-state index in [2.05, 4.69) is 4.90 Å². The van der Waals surface area contributed by atoms with Gasteiger partial charge in [-0.1, -0.05) is 24.6 Å². The van der Waals surface area contributed by atoms with Crippen molar-refractivity contribution in [2.45, 2.75) is 51.2 Å². The molecule has 1 aromatic rings. The number of carbonyl (C=O) groups is 2. The molecule has 24 heavy (non-hydrogen) atoms. The molecule has 0 aromatic heterocycles. The van der Waals surface area contributed by atoms with Gasteiger partial charge in [0.2, 0.25) is 11.8 Å². The number of carbonyl (C=O) groups excluding carboxylic acids is 2. The van der Waals surface area contributed by atoms with Crippen molar-refractivity contribution in [3.8, 4) is 0 Å². The summed E-state index contributed by atoms with van der Waals surface area (Å²) in [5, 5.41) is 0. The first kappa shape index (κ1) is 15.6. The van der Waals surface area contributed by atoms with E-state index in [4.69, 9.17) is 0 Å². The zero-order valence-electron chi connectivity index (χ0n) is 14.1. The highest BCUT2D eigenvalue weighted by molar-refractivity contribution is 5.97. The first-order valence-corrected chi connectivity index (χ1v) is 9.16. The van der Waals surface area contributed by atoms with Gasteiger partial charge in [0.25, 0.3) is 0 Å². The highest BCUT2D eigenvalue weighted by atomic mass is 16.2. The second-order valence-corrected chi connectivity index (χ2v) is 7.09. The second-order valence-electron chi connectivity index (χ2n) is 7.09. The van der Waals surface area contributed by atoms with E-state index in [1.807, 2.05) is 34.1 Å². The Balaban J connectivity index is 1.53. The molecule has 3 heterocycles. The van der Waals surface area contributed by atoms with E-state index in [-0.39, 0.29) is 18.0 Å². The molecule has 1 atom stereocenters. The summed E-state index contributed by atoms with van der Waals surface area (Å²) in [6.07, 6.45) is 5.55. The minimum atomic E-state index is -0.0822. The van der Waals surface area contributed by atoms with E-state index >= 15 is 0 Å². The molecule has 0 bridgehead atoms. The lowest BCUT2D eigenvalue weighted by atomic mass is 10.1. The normalized spacial score (nSPS) is 24.0. The molecule has 3 aliphatic rings. The first-order chi connectivity index (χ1) is 11.7. The summed E-state index contributed by atoms with van der Waals surface area (Å²) in [6, 6.07) is 8.02. The number of piperidine rings is 1. The van der Waals surface area contributed by atoms with Crippen molar-refractivity contribution in [2.75, 3.05) is 24.5 Å². The molecular formula is C19H25N3O2. The smallest absolute Gasteiger partial charge is 0.229 e. The van der Waals surface area contributed by atoms with Gasteiger partial charge in [0, 0.05) is 25.9 Å². The average Bonchev–Trinajstić information content (AvgIpc) is 2.99. The van der Waals surface area contributed by atoms with Gasteiger partial charge in [-0.15, -0.1) is 0 Å². The van der Waals surface area contributed by atoms with Crippen molar-refractivity contribution in [1.82, 2.24) is 9.80 Å². The maximum Gasteiger partial charge on any atom is 0.229 e. The molecule has 3 aliphatic heterocycles. The van der Waals surface area contributed by atoms with Crippen LogP contribution in [0.15, 0.2) is 24.3 Å². The zero-order chi connectivity index (χ0) is 16.5. The van der Waals surface area contributed by atoms with E-state index in [0.29, 0.717) is 19.4 Å². The van der Waals surface area contributed by atoms with E-state index in [1.165, 1.54) is 19.3 Å². The Kier molecular flexibility index (Phi) is 4.27. The number of amides is 2. The van der Waals surface area contributed by atoms with Gasteiger partial charge >= 0.3 is 0 Å². The van der Waals surface area contributed by atoms with Gasteiger partial charge in [-0.2, -0.15) is 0 Å². The van der Waals surface area contributed by atoms with Gasteiger partial charge in [0.05, 0.1) is 5.69 Å². The van der Waals surface area contributed by atoms with Crippen LogP contribution in [0.25, 0.3) is 0 Å². The van der Waals surface area contributed by atoms with E-state index in [9.17, 15) is 9.59 Å². The van der Waals surface area contributed by atoms with E-state index in [0.717, 1.165) is 37.3 Å². The summed E-state index contributed by atoms with van der Waals surface area (Å²) in [5.74, 6) is 0.320. The van der Waals surface area contributed by atoms with Crippen molar-refractivity contribution < 1.29 is 9.59 Å². The standard InChI is InChI=1S/C19H25N3O2/c23-18-9-8-17-21(18)14-15-6-2-3-7-16(15)22(17)19(24)10-13-20-11-4-1-5-12-20/h2-3,6-7,17H,1,4-5,8-14H2/t17-/m1/s1. The van der Waals surface area contributed by atoms with Crippen LogP contribution in [-0.4, -0.2) is 47.4 Å². The van der Waals surface area contributed by atoms with Gasteiger partial charge in [0.1, 0.15) is 6.17 Å². The van der Waals surface area contributed by atoms with Crippen molar-refractivity contribution in [1.29, 1.82) is 0 Å². The van der Waals surface area contributed by atoms with Gasteiger partial charge < -0.3 is 9.80 Å². The molecule has 0 radical (unpaired) electrons. The molecule has 5 nitrogen and oxygen atoms in total. The Morgan fingerprint density at radius 2 is 1.92 bits per heavy atom. The Bertz CT molecular complexity index is 639. The largest absolute Gasteiger partial charge is 0.317 e. The molecule has 4 rings (SSSR count). The maximum atomic E-state index is 13.0. The summed E-state index contributed by atoms with van der Waals surface area (Å²) in [4.78, 5) is 31.4. The number of fused-ring (bicyclic) bond motifs is 2. The van der Waals surface area contributed by atoms with Crippen molar-refractivity contribution in [3.05, 3.63) is 29.8 Å². The third-order valence-corrected chi connectivity index (χ3v) is 5.55. The number of hydrogen-bond donors (Lipinski definition) is 0. The van der Waals surface area contributed by atoms with Gasteiger partial charge in [-0.05, 0) is 44.0 Å². The lowest BCUT2D eigenvalue weighted by molar-refractivity contribution is -0.130. The molecule has 0 unspecified atom stereocenters. The molecule has 0 N–H and O–H groups in total. The number of hydrogen-bond acceptors (Lipinski definition) is 3. The Morgan fingerprint density at radius 3 is 2.75 bits per heavy atom. The van der Waals surface area contributed by atoms with Crippen LogP contribution in [0.5, 0.6) is 0 Å².